The summed E-state index contributed by atoms with van der Waals surface area (Å²) in [7, 11) is 0. The number of thioether (sulfide) groups is 1. The van der Waals surface area contributed by atoms with Crippen LogP contribution in [0.2, 0.25) is 0 Å². The van der Waals surface area contributed by atoms with Crippen LogP contribution >= 0.6 is 11.8 Å². The minimum absolute atomic E-state index is 0.0218. The first kappa shape index (κ1) is 51.4. The molecule has 0 aliphatic carbocycles. The molecule has 2 heterocycles. The third kappa shape index (κ3) is 22.0. The van der Waals surface area contributed by atoms with Gasteiger partial charge in [-0.1, -0.05) is 135 Å². The van der Waals surface area contributed by atoms with Crippen LogP contribution in [0.3, 0.4) is 0 Å². The molecule has 1 aliphatic heterocycles. The van der Waals surface area contributed by atoms with Gasteiger partial charge in [0.2, 0.25) is 11.8 Å². The second-order valence-corrected chi connectivity index (χ2v) is 16.6. The molecular formula is C42H75N5O10S. The zero-order chi connectivity index (χ0) is 42.4. The van der Waals surface area contributed by atoms with E-state index in [9.17, 15) is 34.5 Å². The van der Waals surface area contributed by atoms with Crippen molar-refractivity contribution in [3.05, 3.63) is 6.20 Å². The highest BCUT2D eigenvalue weighted by molar-refractivity contribution is 7.99. The predicted octanol–water partition coefficient (Wildman–Crippen LogP) is 6.53. The molecule has 334 valence electrons. The number of anilines is 1. The van der Waals surface area contributed by atoms with E-state index in [1.54, 1.807) is 0 Å². The standard InChI is InChI=1S/C42H75N5O10S/c1-4-7-10-13-16-18-21-24-36(49)43-33(41(54)44-35-27-47(46-45-35)42-40(53)39(52)34(28-48)57-42)31-58-30-32(29-55-37(50)25-22-19-15-12-9-6-3)56-38(51)26-23-20-17-14-11-8-5-2/h27,32-34,39-40,42,48,52-53H,4-26,28-31H2,1-3H3,(H,43,49)(H,44,54)/t32?,33-,34?,39-,40-,42+/m1/s1. The van der Waals surface area contributed by atoms with Crippen molar-refractivity contribution in [2.75, 3.05) is 30.0 Å². The Morgan fingerprint density at radius 1 is 0.759 bits per heavy atom. The van der Waals surface area contributed by atoms with Crippen LogP contribution < -0.4 is 10.6 Å². The van der Waals surface area contributed by atoms with Crippen LogP contribution in [0.5, 0.6) is 0 Å². The number of aliphatic hydroxyl groups is 3. The number of hydrogen-bond donors (Lipinski definition) is 5. The summed E-state index contributed by atoms with van der Waals surface area (Å²) >= 11 is 1.29. The fraction of sp³-hybridized carbons (Fsp3) is 0.857. The van der Waals surface area contributed by atoms with Gasteiger partial charge in [-0.05, 0) is 19.3 Å². The van der Waals surface area contributed by atoms with E-state index >= 15 is 0 Å². The number of rotatable bonds is 35. The molecule has 2 amide bonds. The van der Waals surface area contributed by atoms with Gasteiger partial charge in [0.25, 0.3) is 0 Å². The maximum absolute atomic E-state index is 13.6. The van der Waals surface area contributed by atoms with Crippen LogP contribution in [0.1, 0.15) is 175 Å². The van der Waals surface area contributed by atoms with Crippen LogP contribution in [-0.2, 0) is 33.4 Å². The Morgan fingerprint density at radius 3 is 1.84 bits per heavy atom. The quantitative estimate of drug-likeness (QED) is 0.0364. The van der Waals surface area contributed by atoms with Crippen molar-refractivity contribution in [1.29, 1.82) is 0 Å². The van der Waals surface area contributed by atoms with E-state index in [0.29, 0.717) is 19.3 Å². The molecular weight excluding hydrogens is 767 g/mol. The number of nitrogens with zero attached hydrogens (tertiary/aromatic N) is 3. The number of esters is 2. The average molecular weight is 842 g/mol. The Bertz CT molecular complexity index is 1270. The molecule has 1 aromatic heterocycles. The Kier molecular flexibility index (Phi) is 28.4. The first-order chi connectivity index (χ1) is 28.1. The lowest BCUT2D eigenvalue weighted by atomic mass is 10.1. The number of ether oxygens (including phenoxy) is 3. The first-order valence-electron chi connectivity index (χ1n) is 22.2. The van der Waals surface area contributed by atoms with Gasteiger partial charge in [-0.2, -0.15) is 11.8 Å². The van der Waals surface area contributed by atoms with Crippen molar-refractivity contribution in [3.63, 3.8) is 0 Å². The molecule has 2 rings (SSSR count). The zero-order valence-corrected chi connectivity index (χ0v) is 36.4. The van der Waals surface area contributed by atoms with Crippen molar-refractivity contribution < 1.29 is 48.7 Å². The van der Waals surface area contributed by atoms with Crippen molar-refractivity contribution >= 4 is 41.3 Å². The summed E-state index contributed by atoms with van der Waals surface area (Å²) in [6, 6.07) is -1.000. The molecule has 0 radical (unpaired) electrons. The lowest BCUT2D eigenvalue weighted by molar-refractivity contribution is -0.157. The van der Waals surface area contributed by atoms with Gasteiger partial charge in [-0.25, -0.2) is 4.68 Å². The molecule has 1 aliphatic rings. The van der Waals surface area contributed by atoms with E-state index in [2.05, 4.69) is 41.7 Å². The summed E-state index contributed by atoms with van der Waals surface area (Å²) in [5, 5.41) is 43.4. The van der Waals surface area contributed by atoms with E-state index in [1.807, 2.05) is 0 Å². The molecule has 0 bridgehead atoms. The van der Waals surface area contributed by atoms with Gasteiger partial charge < -0.3 is 40.2 Å². The fourth-order valence-corrected chi connectivity index (χ4v) is 7.71. The van der Waals surface area contributed by atoms with E-state index in [4.69, 9.17) is 14.2 Å². The minimum atomic E-state index is -1.38. The fourth-order valence-electron chi connectivity index (χ4n) is 6.67. The SMILES string of the molecule is CCCCCCCCCC(=O)N[C@H](CSCC(COC(=O)CCCCCCCC)OC(=O)CCCCCCCCC)C(=O)Nc1cn([C@H]2OC(CO)[C@@H](O)[C@H]2O)nn1. The maximum atomic E-state index is 13.6. The third-order valence-corrected chi connectivity index (χ3v) is 11.4. The number of amides is 2. The van der Waals surface area contributed by atoms with E-state index in [0.717, 1.165) is 81.7 Å². The average Bonchev–Trinajstić information content (AvgIpc) is 3.79. The van der Waals surface area contributed by atoms with Gasteiger partial charge in [0.1, 0.15) is 37.1 Å². The van der Waals surface area contributed by atoms with Crippen LogP contribution in [0.4, 0.5) is 5.82 Å². The molecule has 1 aromatic rings. The summed E-state index contributed by atoms with van der Waals surface area (Å²) < 4.78 is 18.0. The second kappa shape index (κ2) is 32.0. The topological polar surface area (TPSA) is 211 Å². The Balaban J connectivity index is 2.05. The molecule has 2 unspecified atom stereocenters. The predicted molar refractivity (Wildman–Crippen MR) is 225 cm³/mol. The summed E-state index contributed by atoms with van der Waals surface area (Å²) in [6.07, 6.45) is 17.6. The number of aromatic nitrogens is 3. The summed E-state index contributed by atoms with van der Waals surface area (Å²) in [5.41, 5.74) is 0. The monoisotopic (exact) mass is 842 g/mol. The number of nitrogens with one attached hydrogen (secondary N) is 2. The number of unbranched alkanes of at least 4 members (excludes halogenated alkanes) is 17. The molecule has 58 heavy (non-hydrogen) atoms. The van der Waals surface area contributed by atoms with Crippen LogP contribution in [0.15, 0.2) is 6.20 Å². The highest BCUT2D eigenvalue weighted by atomic mass is 32.2. The Hall–Kier alpha value is -2.79. The van der Waals surface area contributed by atoms with Gasteiger partial charge in [0, 0.05) is 30.8 Å². The van der Waals surface area contributed by atoms with Crippen molar-refractivity contribution in [2.24, 2.45) is 0 Å². The third-order valence-electron chi connectivity index (χ3n) is 10.2. The van der Waals surface area contributed by atoms with Crippen molar-refractivity contribution in [2.45, 2.75) is 205 Å². The number of carbonyl (C=O) groups is 4. The van der Waals surface area contributed by atoms with Gasteiger partial charge in [-0.3, -0.25) is 19.2 Å². The summed E-state index contributed by atoms with van der Waals surface area (Å²) in [6.45, 7) is 5.90. The van der Waals surface area contributed by atoms with E-state index in [1.165, 1.54) is 56.5 Å². The molecule has 1 saturated heterocycles. The zero-order valence-electron chi connectivity index (χ0n) is 35.6. The highest BCUT2D eigenvalue weighted by Crippen LogP contribution is 2.29. The van der Waals surface area contributed by atoms with Crippen LogP contribution in [0, 0.1) is 0 Å². The van der Waals surface area contributed by atoms with Gasteiger partial charge in [0.15, 0.2) is 12.0 Å². The van der Waals surface area contributed by atoms with Gasteiger partial charge in [0.05, 0.1) is 12.8 Å². The first-order valence-corrected chi connectivity index (χ1v) is 23.4. The molecule has 0 aromatic carbocycles. The number of carbonyl (C=O) groups excluding carboxylic acids is 4. The highest BCUT2D eigenvalue weighted by Gasteiger charge is 2.44. The lowest BCUT2D eigenvalue weighted by Crippen LogP contribution is -2.45. The van der Waals surface area contributed by atoms with Gasteiger partial charge in [-0.15, -0.1) is 5.10 Å². The van der Waals surface area contributed by atoms with Gasteiger partial charge >= 0.3 is 11.9 Å². The van der Waals surface area contributed by atoms with Crippen molar-refractivity contribution in [3.8, 4) is 0 Å². The largest absolute Gasteiger partial charge is 0.462 e. The second-order valence-electron chi connectivity index (χ2n) is 15.5. The molecule has 5 N–H and O–H groups in total. The maximum Gasteiger partial charge on any atom is 0.306 e. The number of aliphatic hydroxyl groups excluding tert-OH is 3. The molecule has 15 nitrogen and oxygen atoms in total. The number of hydrogen-bond acceptors (Lipinski definition) is 13. The summed E-state index contributed by atoms with van der Waals surface area (Å²) in [5.74, 6) is -1.17. The van der Waals surface area contributed by atoms with Crippen LogP contribution in [-0.4, -0.2) is 109 Å². The smallest absolute Gasteiger partial charge is 0.306 e. The molecule has 6 atom stereocenters. The summed E-state index contributed by atoms with van der Waals surface area (Å²) in [4.78, 5) is 52.2. The molecule has 1 fully saturated rings. The van der Waals surface area contributed by atoms with E-state index in [-0.39, 0.29) is 54.6 Å². The minimum Gasteiger partial charge on any atom is -0.462 e. The molecule has 16 heteroatoms. The molecule has 0 spiro atoms. The van der Waals surface area contributed by atoms with Crippen molar-refractivity contribution in [1.82, 2.24) is 20.3 Å². The Morgan fingerprint density at radius 2 is 1.29 bits per heavy atom. The van der Waals surface area contributed by atoms with Crippen LogP contribution in [0.25, 0.3) is 0 Å². The van der Waals surface area contributed by atoms with E-state index < -0.39 is 49.2 Å². The molecule has 0 saturated carbocycles. The Labute approximate surface area is 350 Å². The normalized spacial score (nSPS) is 18.8. The lowest BCUT2D eigenvalue weighted by Gasteiger charge is -2.21.